The molecular formula is C54H43N3. The quantitative estimate of drug-likeness (QED) is 0.143. The summed E-state index contributed by atoms with van der Waals surface area (Å²) < 4.78 is 0. The van der Waals surface area contributed by atoms with Crippen LogP contribution in [0.5, 0.6) is 0 Å². The van der Waals surface area contributed by atoms with E-state index in [-0.39, 0.29) is 0 Å². The second kappa shape index (κ2) is 16.6. The molecule has 3 heteroatoms. The van der Waals surface area contributed by atoms with Gasteiger partial charge in [-0.1, -0.05) is 121 Å². The molecule has 0 heterocycles. The van der Waals surface area contributed by atoms with Gasteiger partial charge in [-0.2, -0.15) is 0 Å². The number of rotatable bonds is 11. The molecule has 0 spiro atoms. The number of hydrogen-bond donors (Lipinski definition) is 1. The molecule has 8 aromatic rings. The first-order valence-corrected chi connectivity index (χ1v) is 19.7. The molecule has 0 saturated carbocycles. The molecule has 0 unspecified atom stereocenters. The SMILES string of the molecule is C1=CC(N(c2ccccc2)c2ccc(-c3cc(-c4ccc(Nc5ccccc5)cc4)cc(-c4ccc(N(c5ccccc5)c5ccccc5)cc4)c3)cc2)=CCC1. The number of para-hydroxylation sites is 4. The van der Waals surface area contributed by atoms with E-state index in [2.05, 4.69) is 227 Å². The van der Waals surface area contributed by atoms with E-state index in [0.29, 0.717) is 0 Å². The number of benzene rings is 8. The van der Waals surface area contributed by atoms with E-state index in [1.807, 2.05) is 18.2 Å². The van der Waals surface area contributed by atoms with E-state index >= 15 is 0 Å². The van der Waals surface area contributed by atoms with Crippen molar-refractivity contribution in [2.24, 2.45) is 0 Å². The van der Waals surface area contributed by atoms with E-state index in [4.69, 9.17) is 0 Å². The van der Waals surface area contributed by atoms with Gasteiger partial charge in [0.2, 0.25) is 0 Å². The number of nitrogens with zero attached hydrogens (tertiary/aromatic N) is 2. The van der Waals surface area contributed by atoms with E-state index in [1.165, 1.54) is 28.0 Å². The molecule has 0 aromatic heterocycles. The summed E-state index contributed by atoms with van der Waals surface area (Å²) in [5.74, 6) is 0. The summed E-state index contributed by atoms with van der Waals surface area (Å²) in [4.78, 5) is 4.65. The topological polar surface area (TPSA) is 18.5 Å². The number of hydrogen-bond acceptors (Lipinski definition) is 3. The minimum atomic E-state index is 1.05. The van der Waals surface area contributed by atoms with E-state index in [1.54, 1.807) is 0 Å². The fourth-order valence-electron chi connectivity index (χ4n) is 7.56. The monoisotopic (exact) mass is 733 g/mol. The standard InChI is InChI=1S/C54H43N3/c1-6-16-47(17-7-1)55-48-32-26-41(27-33-48)44-38-45(42-28-34-53(35-29-42)56(49-18-8-2-9-19-49)50-20-10-3-11-21-50)40-46(39-44)43-30-36-54(37-31-43)57(51-22-12-4-13-23-51)52-24-14-5-15-25-52/h1-4,6-14,16-40,55H,5,15H2. The number of allylic oxidation sites excluding steroid dienone is 3. The average molecular weight is 734 g/mol. The molecule has 9 rings (SSSR count). The highest BCUT2D eigenvalue weighted by molar-refractivity contribution is 5.84. The lowest BCUT2D eigenvalue weighted by molar-refractivity contribution is 0.997. The maximum absolute atomic E-state index is 3.53. The molecule has 0 bridgehead atoms. The van der Waals surface area contributed by atoms with Crippen molar-refractivity contribution in [2.75, 3.05) is 15.1 Å². The summed E-state index contributed by atoms with van der Waals surface area (Å²) in [6, 6.07) is 75.7. The van der Waals surface area contributed by atoms with Crippen molar-refractivity contribution in [1.82, 2.24) is 0 Å². The van der Waals surface area contributed by atoms with Crippen molar-refractivity contribution in [3.05, 3.63) is 236 Å². The van der Waals surface area contributed by atoms with Crippen LogP contribution in [0.25, 0.3) is 33.4 Å². The second-order valence-electron chi connectivity index (χ2n) is 14.2. The van der Waals surface area contributed by atoms with Crippen LogP contribution in [0.3, 0.4) is 0 Å². The molecular weight excluding hydrogens is 691 g/mol. The lowest BCUT2D eigenvalue weighted by Crippen LogP contribution is -2.16. The van der Waals surface area contributed by atoms with Crippen LogP contribution in [0.4, 0.5) is 39.8 Å². The van der Waals surface area contributed by atoms with Gasteiger partial charge in [-0.3, -0.25) is 0 Å². The van der Waals surface area contributed by atoms with Crippen LogP contribution in [0, 0.1) is 0 Å². The van der Waals surface area contributed by atoms with E-state index < -0.39 is 0 Å². The van der Waals surface area contributed by atoms with E-state index in [9.17, 15) is 0 Å². The molecule has 0 aliphatic heterocycles. The minimum Gasteiger partial charge on any atom is -0.356 e. The Kier molecular flexibility index (Phi) is 10.3. The third kappa shape index (κ3) is 8.05. The molecule has 3 nitrogen and oxygen atoms in total. The molecule has 0 amide bonds. The van der Waals surface area contributed by atoms with Gasteiger partial charge in [0.25, 0.3) is 0 Å². The molecule has 57 heavy (non-hydrogen) atoms. The van der Waals surface area contributed by atoms with Crippen LogP contribution in [-0.4, -0.2) is 0 Å². The number of nitrogens with one attached hydrogen (secondary N) is 1. The lowest BCUT2D eigenvalue weighted by Gasteiger charge is -2.27. The van der Waals surface area contributed by atoms with Gasteiger partial charge in [0, 0.05) is 45.5 Å². The van der Waals surface area contributed by atoms with Gasteiger partial charge >= 0.3 is 0 Å². The normalized spacial score (nSPS) is 12.1. The van der Waals surface area contributed by atoms with Gasteiger partial charge in [0.1, 0.15) is 0 Å². The van der Waals surface area contributed by atoms with Crippen LogP contribution in [0.2, 0.25) is 0 Å². The van der Waals surface area contributed by atoms with Gasteiger partial charge in [-0.05, 0) is 155 Å². The predicted octanol–water partition coefficient (Wildman–Crippen LogP) is 15.3. The highest BCUT2D eigenvalue weighted by Gasteiger charge is 2.16. The Morgan fingerprint density at radius 3 is 1.12 bits per heavy atom. The molecule has 1 aliphatic carbocycles. The minimum absolute atomic E-state index is 1.05. The summed E-state index contributed by atoms with van der Waals surface area (Å²) in [6.07, 6.45) is 8.97. The largest absolute Gasteiger partial charge is 0.356 e. The van der Waals surface area contributed by atoms with Crippen molar-refractivity contribution in [1.29, 1.82) is 0 Å². The molecule has 0 fully saturated rings. The van der Waals surface area contributed by atoms with Gasteiger partial charge in [-0.15, -0.1) is 0 Å². The van der Waals surface area contributed by atoms with Gasteiger partial charge < -0.3 is 15.1 Å². The Bertz CT molecular complexity index is 2560. The van der Waals surface area contributed by atoms with E-state index in [0.717, 1.165) is 63.8 Å². The van der Waals surface area contributed by atoms with Crippen molar-refractivity contribution in [3.63, 3.8) is 0 Å². The maximum atomic E-state index is 3.53. The molecule has 0 atom stereocenters. The fraction of sp³-hybridized carbons (Fsp3) is 0.0370. The first-order chi connectivity index (χ1) is 28.2. The second-order valence-corrected chi connectivity index (χ2v) is 14.2. The average Bonchev–Trinajstić information content (AvgIpc) is 3.29. The van der Waals surface area contributed by atoms with Crippen LogP contribution in [-0.2, 0) is 0 Å². The Labute approximate surface area is 336 Å². The van der Waals surface area contributed by atoms with Crippen LogP contribution in [0.15, 0.2) is 236 Å². The third-order valence-electron chi connectivity index (χ3n) is 10.4. The smallest absolute Gasteiger partial charge is 0.0462 e. The first-order valence-electron chi connectivity index (χ1n) is 19.7. The molecule has 274 valence electrons. The highest BCUT2D eigenvalue weighted by Crippen LogP contribution is 2.39. The summed E-state index contributed by atoms with van der Waals surface area (Å²) in [5, 5.41) is 3.53. The molecule has 1 aliphatic rings. The van der Waals surface area contributed by atoms with Crippen LogP contribution < -0.4 is 15.1 Å². The van der Waals surface area contributed by atoms with Crippen LogP contribution >= 0.6 is 0 Å². The number of anilines is 7. The van der Waals surface area contributed by atoms with Gasteiger partial charge in [-0.25, -0.2) is 0 Å². The van der Waals surface area contributed by atoms with Gasteiger partial charge in [0.15, 0.2) is 0 Å². The molecule has 0 radical (unpaired) electrons. The molecule has 8 aromatic carbocycles. The Hall–Kier alpha value is -7.36. The third-order valence-corrected chi connectivity index (χ3v) is 10.4. The zero-order valence-corrected chi connectivity index (χ0v) is 31.7. The zero-order chi connectivity index (χ0) is 38.2. The Morgan fingerprint density at radius 1 is 0.316 bits per heavy atom. The maximum Gasteiger partial charge on any atom is 0.0462 e. The molecule has 0 saturated heterocycles. The van der Waals surface area contributed by atoms with Gasteiger partial charge in [0.05, 0.1) is 0 Å². The van der Waals surface area contributed by atoms with Crippen molar-refractivity contribution < 1.29 is 0 Å². The summed E-state index contributed by atoms with van der Waals surface area (Å²) >= 11 is 0. The Morgan fingerprint density at radius 2 is 0.684 bits per heavy atom. The zero-order valence-electron chi connectivity index (χ0n) is 31.7. The Balaban J connectivity index is 1.09. The summed E-state index contributed by atoms with van der Waals surface area (Å²) in [6.45, 7) is 0. The highest BCUT2D eigenvalue weighted by atomic mass is 15.1. The summed E-state index contributed by atoms with van der Waals surface area (Å²) in [5.41, 5.74) is 16.0. The fourth-order valence-corrected chi connectivity index (χ4v) is 7.56. The summed E-state index contributed by atoms with van der Waals surface area (Å²) in [7, 11) is 0. The van der Waals surface area contributed by atoms with Crippen molar-refractivity contribution in [3.8, 4) is 33.4 Å². The van der Waals surface area contributed by atoms with Crippen LogP contribution in [0.1, 0.15) is 12.8 Å². The van der Waals surface area contributed by atoms with Crippen molar-refractivity contribution >= 4 is 39.8 Å². The lowest BCUT2D eigenvalue weighted by atomic mass is 9.93. The molecule has 1 N–H and O–H groups in total. The predicted molar refractivity (Wildman–Crippen MR) is 242 cm³/mol. The first kappa shape index (κ1) is 35.3. The van der Waals surface area contributed by atoms with Crippen molar-refractivity contribution in [2.45, 2.75) is 12.8 Å².